The number of carbonyl (C=O) groups excluding carboxylic acids is 1. The van der Waals surface area contributed by atoms with Crippen molar-refractivity contribution >= 4 is 11.6 Å². The molecule has 5 rings (SSSR count). The molecule has 32 heavy (non-hydrogen) atoms. The first-order valence-electron chi connectivity index (χ1n) is 10.6. The first-order valence-corrected chi connectivity index (χ1v) is 10.6. The highest BCUT2D eigenvalue weighted by molar-refractivity contribution is 5.91. The van der Waals surface area contributed by atoms with E-state index in [1.165, 1.54) is 12.1 Å². The van der Waals surface area contributed by atoms with Gasteiger partial charge in [-0.2, -0.15) is 5.10 Å². The van der Waals surface area contributed by atoms with Crippen molar-refractivity contribution in [2.24, 2.45) is 0 Å². The lowest BCUT2D eigenvalue weighted by Crippen LogP contribution is -2.39. The summed E-state index contributed by atoms with van der Waals surface area (Å²) in [6, 6.07) is 11.7. The van der Waals surface area contributed by atoms with Crippen molar-refractivity contribution in [2.75, 3.05) is 20.2 Å². The molecule has 1 amide bonds. The van der Waals surface area contributed by atoms with E-state index in [4.69, 9.17) is 9.15 Å². The van der Waals surface area contributed by atoms with E-state index in [1.54, 1.807) is 34.7 Å². The molecule has 3 aromatic heterocycles. The number of fused-ring (bicyclic) bond motifs is 1. The summed E-state index contributed by atoms with van der Waals surface area (Å²) in [7, 11) is 1.56. The number of pyridine rings is 1. The molecule has 1 aromatic carbocycles. The summed E-state index contributed by atoms with van der Waals surface area (Å²) >= 11 is 0. The maximum atomic E-state index is 13.8. The number of aromatic nitrogens is 3. The number of ether oxygens (including phenoxy) is 1. The quantitative estimate of drug-likeness (QED) is 0.474. The molecule has 7 nitrogen and oxygen atoms in total. The van der Waals surface area contributed by atoms with Gasteiger partial charge in [-0.25, -0.2) is 13.9 Å². The molecule has 1 aliphatic rings. The molecule has 4 aromatic rings. The summed E-state index contributed by atoms with van der Waals surface area (Å²) in [6.07, 6.45) is 3.60. The smallest absolute Gasteiger partial charge is 0.289 e. The van der Waals surface area contributed by atoms with E-state index >= 15 is 0 Å². The van der Waals surface area contributed by atoms with Crippen LogP contribution in [0.1, 0.15) is 40.9 Å². The minimum Gasteiger partial charge on any atom is -0.496 e. The van der Waals surface area contributed by atoms with Gasteiger partial charge >= 0.3 is 0 Å². The van der Waals surface area contributed by atoms with Crippen LogP contribution in [-0.2, 0) is 0 Å². The first kappa shape index (κ1) is 20.2. The topological polar surface area (TPSA) is 72.9 Å². The molecule has 0 bridgehead atoms. The minimum absolute atomic E-state index is 0.0378. The van der Waals surface area contributed by atoms with Crippen LogP contribution in [0.2, 0.25) is 0 Å². The molecular weight excluding hydrogens is 411 g/mol. The van der Waals surface area contributed by atoms with Gasteiger partial charge in [-0.1, -0.05) is 0 Å². The molecule has 1 fully saturated rings. The van der Waals surface area contributed by atoms with Crippen LogP contribution in [0.3, 0.4) is 0 Å². The Morgan fingerprint density at radius 3 is 2.88 bits per heavy atom. The van der Waals surface area contributed by atoms with E-state index in [9.17, 15) is 9.18 Å². The molecule has 0 aliphatic carbocycles. The Bertz CT molecular complexity index is 1300. The largest absolute Gasteiger partial charge is 0.496 e. The Labute approximate surface area is 184 Å². The third-order valence-electron chi connectivity index (χ3n) is 5.84. The Kier molecular flexibility index (Phi) is 5.13. The summed E-state index contributed by atoms with van der Waals surface area (Å²) in [6.45, 7) is 3.05. The zero-order chi connectivity index (χ0) is 22.2. The summed E-state index contributed by atoms with van der Waals surface area (Å²) in [5.41, 5.74) is 2.12. The van der Waals surface area contributed by atoms with Crippen molar-refractivity contribution in [2.45, 2.75) is 25.7 Å². The molecule has 1 atom stereocenters. The highest BCUT2D eigenvalue weighted by Gasteiger charge is 2.29. The number of likely N-dealkylation sites (tertiary alicyclic amines) is 1. The van der Waals surface area contributed by atoms with Gasteiger partial charge in [0.15, 0.2) is 17.2 Å². The fourth-order valence-corrected chi connectivity index (χ4v) is 4.22. The number of furan rings is 1. The van der Waals surface area contributed by atoms with Gasteiger partial charge in [0.1, 0.15) is 17.3 Å². The molecule has 164 valence electrons. The minimum atomic E-state index is -0.334. The summed E-state index contributed by atoms with van der Waals surface area (Å²) in [5, 5.41) is 4.68. The highest BCUT2D eigenvalue weighted by atomic mass is 19.1. The summed E-state index contributed by atoms with van der Waals surface area (Å²) in [5.74, 6) is 1.96. The number of carbonyl (C=O) groups is 1. The summed E-state index contributed by atoms with van der Waals surface area (Å²) in [4.78, 5) is 19.3. The summed E-state index contributed by atoms with van der Waals surface area (Å²) < 4.78 is 26.4. The maximum absolute atomic E-state index is 13.8. The second kappa shape index (κ2) is 8.11. The van der Waals surface area contributed by atoms with Crippen LogP contribution in [0, 0.1) is 12.7 Å². The van der Waals surface area contributed by atoms with Gasteiger partial charge in [0.25, 0.3) is 5.91 Å². The number of hydrogen-bond acceptors (Lipinski definition) is 5. The van der Waals surface area contributed by atoms with E-state index < -0.39 is 0 Å². The van der Waals surface area contributed by atoms with Crippen LogP contribution >= 0.6 is 0 Å². The Hall–Kier alpha value is -3.68. The second-order valence-electron chi connectivity index (χ2n) is 8.04. The number of amides is 1. The fraction of sp³-hybridized carbons (Fsp3) is 0.292. The molecule has 4 heterocycles. The number of methoxy groups -OCH3 is 1. The van der Waals surface area contributed by atoms with Crippen molar-refractivity contribution in [1.82, 2.24) is 19.5 Å². The fourth-order valence-electron chi connectivity index (χ4n) is 4.22. The van der Waals surface area contributed by atoms with Crippen molar-refractivity contribution in [3.8, 4) is 16.9 Å². The predicted octanol–water partition coefficient (Wildman–Crippen LogP) is 4.47. The molecule has 0 radical (unpaired) electrons. The third-order valence-corrected chi connectivity index (χ3v) is 5.84. The molecular formula is C24H23FN4O3. The maximum Gasteiger partial charge on any atom is 0.289 e. The van der Waals surface area contributed by atoms with Gasteiger partial charge in [0.05, 0.1) is 7.11 Å². The molecule has 0 spiro atoms. The zero-order valence-electron chi connectivity index (χ0n) is 17.9. The van der Waals surface area contributed by atoms with Crippen molar-refractivity contribution in [3.63, 3.8) is 0 Å². The van der Waals surface area contributed by atoms with Crippen LogP contribution in [0.5, 0.6) is 5.75 Å². The average Bonchev–Trinajstić information content (AvgIpc) is 3.44. The number of aryl methyl sites for hydroxylation is 1. The standard InChI is InChI=1S/C24H23FN4O3/c1-15-5-8-21(32-15)24(30)28-11-3-4-17(13-28)23-26-22-10-6-16(14-29(22)27-23)19-12-18(25)7-9-20(19)31-2/h5-10,12,14,17H,3-4,11,13H2,1-2H3/t17-/m0/s1. The monoisotopic (exact) mass is 434 g/mol. The molecule has 0 N–H and O–H groups in total. The Morgan fingerprint density at radius 1 is 1.22 bits per heavy atom. The highest BCUT2D eigenvalue weighted by Crippen LogP contribution is 2.31. The normalized spacial score (nSPS) is 16.5. The van der Waals surface area contributed by atoms with Crippen molar-refractivity contribution < 1.29 is 18.3 Å². The number of halogens is 1. The lowest BCUT2D eigenvalue weighted by Gasteiger charge is -2.30. The molecule has 1 aliphatic heterocycles. The van der Waals surface area contributed by atoms with Gasteiger partial charge in [-0.15, -0.1) is 0 Å². The van der Waals surface area contributed by atoms with Crippen LogP contribution in [0.25, 0.3) is 16.8 Å². The molecule has 8 heteroatoms. The zero-order valence-corrected chi connectivity index (χ0v) is 17.9. The van der Waals surface area contributed by atoms with Crippen LogP contribution in [0.4, 0.5) is 4.39 Å². The average molecular weight is 434 g/mol. The molecule has 0 saturated carbocycles. The van der Waals surface area contributed by atoms with Crippen molar-refractivity contribution in [1.29, 1.82) is 0 Å². The van der Waals surface area contributed by atoms with Crippen LogP contribution in [-0.4, -0.2) is 45.6 Å². The lowest BCUT2D eigenvalue weighted by molar-refractivity contribution is 0.0671. The van der Waals surface area contributed by atoms with Gasteiger partial charge in [-0.05, 0) is 62.2 Å². The van der Waals surface area contributed by atoms with Gasteiger partial charge in [-0.3, -0.25) is 4.79 Å². The van der Waals surface area contributed by atoms with Crippen LogP contribution < -0.4 is 4.74 Å². The van der Waals surface area contributed by atoms with E-state index in [1.807, 2.05) is 25.3 Å². The number of benzene rings is 1. The second-order valence-corrected chi connectivity index (χ2v) is 8.04. The third kappa shape index (κ3) is 3.72. The Balaban J connectivity index is 1.41. The van der Waals surface area contributed by atoms with Crippen LogP contribution in [0.15, 0.2) is 53.1 Å². The van der Waals surface area contributed by atoms with Crippen molar-refractivity contribution in [3.05, 3.63) is 71.8 Å². The van der Waals surface area contributed by atoms with Gasteiger partial charge in [0, 0.05) is 36.3 Å². The first-order chi connectivity index (χ1) is 15.5. The molecule has 0 unspecified atom stereocenters. The van der Waals surface area contributed by atoms with E-state index in [2.05, 4.69) is 10.1 Å². The number of nitrogens with zero attached hydrogens (tertiary/aromatic N) is 4. The number of hydrogen-bond donors (Lipinski definition) is 0. The van der Waals surface area contributed by atoms with E-state index in [-0.39, 0.29) is 17.6 Å². The van der Waals surface area contributed by atoms with E-state index in [0.717, 1.165) is 24.2 Å². The lowest BCUT2D eigenvalue weighted by atomic mass is 9.97. The molecule has 1 saturated heterocycles. The Morgan fingerprint density at radius 2 is 2.09 bits per heavy atom. The number of rotatable bonds is 4. The van der Waals surface area contributed by atoms with Gasteiger partial charge < -0.3 is 14.1 Å². The SMILES string of the molecule is COc1ccc(F)cc1-c1ccc2nc([C@H]3CCCN(C(=O)c4ccc(C)o4)C3)nn2c1. The number of piperidine rings is 1. The van der Waals surface area contributed by atoms with E-state index in [0.29, 0.717) is 41.6 Å². The van der Waals surface area contributed by atoms with Gasteiger partial charge in [0.2, 0.25) is 0 Å². The predicted molar refractivity (Wildman–Crippen MR) is 116 cm³/mol.